The van der Waals surface area contributed by atoms with Gasteiger partial charge in [0, 0.05) is 18.7 Å². The average molecular weight is 243 g/mol. The van der Waals surface area contributed by atoms with E-state index in [0.29, 0.717) is 12.5 Å². The number of fused-ring (bicyclic) bond motifs is 1. The third-order valence-electron chi connectivity index (χ3n) is 3.90. The molecule has 0 unspecified atom stereocenters. The Labute approximate surface area is 106 Å². The first-order valence-corrected chi connectivity index (χ1v) is 6.56. The fourth-order valence-electron chi connectivity index (χ4n) is 2.71. The third kappa shape index (κ3) is 1.90. The molecule has 1 saturated carbocycles. The summed E-state index contributed by atoms with van der Waals surface area (Å²) >= 11 is 0. The molecule has 1 aromatic heterocycles. The monoisotopic (exact) mass is 243 g/mol. The second-order valence-electron chi connectivity index (χ2n) is 5.06. The standard InChI is InChI=1S/C15H17NO2/c17-14(18)8-7-11-3-1-4-12-9-10-16(15(11)12)13-5-2-6-13/h1,3-4,9-10,13H,2,5-8H2,(H,17,18). The molecule has 1 heterocycles. The van der Waals surface area contributed by atoms with Crippen molar-refractivity contribution in [3.05, 3.63) is 36.0 Å². The second kappa shape index (κ2) is 4.48. The molecule has 1 aliphatic rings. The number of carboxylic acid groups (broad SMARTS) is 1. The average Bonchev–Trinajstić information content (AvgIpc) is 2.69. The number of carboxylic acids is 1. The van der Waals surface area contributed by atoms with Crippen LogP contribution < -0.4 is 0 Å². The first kappa shape index (κ1) is 11.3. The van der Waals surface area contributed by atoms with Gasteiger partial charge in [0.05, 0.1) is 5.52 Å². The summed E-state index contributed by atoms with van der Waals surface area (Å²) in [5, 5.41) is 10.1. The van der Waals surface area contributed by atoms with Gasteiger partial charge in [-0.2, -0.15) is 0 Å². The van der Waals surface area contributed by atoms with E-state index < -0.39 is 5.97 Å². The number of hydrogen-bond donors (Lipinski definition) is 1. The van der Waals surface area contributed by atoms with Gasteiger partial charge < -0.3 is 9.67 Å². The Morgan fingerprint density at radius 2 is 2.17 bits per heavy atom. The summed E-state index contributed by atoms with van der Waals surface area (Å²) in [7, 11) is 0. The summed E-state index contributed by atoms with van der Waals surface area (Å²) < 4.78 is 2.34. The number of rotatable bonds is 4. The quantitative estimate of drug-likeness (QED) is 0.894. The number of carbonyl (C=O) groups is 1. The Hall–Kier alpha value is -1.77. The van der Waals surface area contributed by atoms with Crippen molar-refractivity contribution in [3.63, 3.8) is 0 Å². The largest absolute Gasteiger partial charge is 0.481 e. The minimum Gasteiger partial charge on any atom is -0.481 e. The zero-order valence-electron chi connectivity index (χ0n) is 10.3. The summed E-state index contributed by atoms with van der Waals surface area (Å²) in [4.78, 5) is 10.7. The molecule has 0 radical (unpaired) electrons. The number of benzene rings is 1. The molecule has 0 aliphatic heterocycles. The Morgan fingerprint density at radius 3 is 2.83 bits per heavy atom. The summed E-state index contributed by atoms with van der Waals surface area (Å²) in [6, 6.07) is 8.94. The maximum Gasteiger partial charge on any atom is 0.303 e. The molecule has 2 aromatic rings. The van der Waals surface area contributed by atoms with E-state index in [-0.39, 0.29) is 6.42 Å². The van der Waals surface area contributed by atoms with Gasteiger partial charge in [-0.25, -0.2) is 0 Å². The maximum atomic E-state index is 10.7. The zero-order chi connectivity index (χ0) is 12.5. The number of aliphatic carboxylic acids is 1. The first-order valence-electron chi connectivity index (χ1n) is 6.56. The lowest BCUT2D eigenvalue weighted by atomic mass is 9.92. The van der Waals surface area contributed by atoms with Crippen LogP contribution >= 0.6 is 0 Å². The fraction of sp³-hybridized carbons (Fsp3) is 0.400. The van der Waals surface area contributed by atoms with Gasteiger partial charge in [0.15, 0.2) is 0 Å². The first-order chi connectivity index (χ1) is 8.75. The van der Waals surface area contributed by atoms with Crippen molar-refractivity contribution in [2.75, 3.05) is 0 Å². The molecule has 3 nitrogen and oxygen atoms in total. The molecular formula is C15H17NO2. The minimum absolute atomic E-state index is 0.203. The minimum atomic E-state index is -0.728. The van der Waals surface area contributed by atoms with E-state index in [0.717, 1.165) is 5.56 Å². The van der Waals surface area contributed by atoms with E-state index in [1.165, 1.54) is 30.2 Å². The molecule has 0 bridgehead atoms. The molecule has 3 heteroatoms. The van der Waals surface area contributed by atoms with Gasteiger partial charge in [0.1, 0.15) is 0 Å². The van der Waals surface area contributed by atoms with Crippen LogP contribution in [0.25, 0.3) is 10.9 Å². The van der Waals surface area contributed by atoms with E-state index in [2.05, 4.69) is 29.0 Å². The van der Waals surface area contributed by atoms with Crippen LogP contribution in [0.1, 0.15) is 37.3 Å². The zero-order valence-corrected chi connectivity index (χ0v) is 10.3. The van der Waals surface area contributed by atoms with Gasteiger partial charge in [-0.05, 0) is 42.7 Å². The second-order valence-corrected chi connectivity index (χ2v) is 5.06. The maximum absolute atomic E-state index is 10.7. The van der Waals surface area contributed by atoms with E-state index >= 15 is 0 Å². The predicted octanol–water partition coefficient (Wildman–Crippen LogP) is 3.38. The molecule has 0 spiro atoms. The van der Waals surface area contributed by atoms with E-state index in [1.54, 1.807) is 0 Å². The predicted molar refractivity (Wildman–Crippen MR) is 70.8 cm³/mol. The molecule has 18 heavy (non-hydrogen) atoms. The molecule has 1 aromatic carbocycles. The number of hydrogen-bond acceptors (Lipinski definition) is 1. The van der Waals surface area contributed by atoms with Crippen LogP contribution in [0.3, 0.4) is 0 Å². The fourth-order valence-corrected chi connectivity index (χ4v) is 2.71. The lowest BCUT2D eigenvalue weighted by Crippen LogP contribution is -2.16. The van der Waals surface area contributed by atoms with Crippen LogP contribution in [-0.4, -0.2) is 15.6 Å². The highest BCUT2D eigenvalue weighted by molar-refractivity contribution is 5.84. The molecule has 0 amide bonds. The van der Waals surface area contributed by atoms with Crippen molar-refractivity contribution in [1.29, 1.82) is 0 Å². The molecule has 94 valence electrons. The third-order valence-corrected chi connectivity index (χ3v) is 3.90. The van der Waals surface area contributed by atoms with Crippen molar-refractivity contribution in [2.45, 2.75) is 38.1 Å². The van der Waals surface area contributed by atoms with Gasteiger partial charge in [-0.3, -0.25) is 4.79 Å². The molecule has 1 fully saturated rings. The Bertz CT molecular complexity index is 581. The Morgan fingerprint density at radius 1 is 1.33 bits per heavy atom. The van der Waals surface area contributed by atoms with Crippen LogP contribution in [0.2, 0.25) is 0 Å². The van der Waals surface area contributed by atoms with Crippen molar-refractivity contribution >= 4 is 16.9 Å². The van der Waals surface area contributed by atoms with Crippen molar-refractivity contribution in [2.24, 2.45) is 0 Å². The van der Waals surface area contributed by atoms with E-state index in [9.17, 15) is 4.79 Å². The topological polar surface area (TPSA) is 42.2 Å². The van der Waals surface area contributed by atoms with Crippen LogP contribution in [0.4, 0.5) is 0 Å². The van der Waals surface area contributed by atoms with E-state index in [1.807, 2.05) is 6.07 Å². The Kier molecular flexibility index (Phi) is 2.82. The Balaban J connectivity index is 2.00. The highest BCUT2D eigenvalue weighted by atomic mass is 16.4. The van der Waals surface area contributed by atoms with Crippen LogP contribution in [0, 0.1) is 0 Å². The van der Waals surface area contributed by atoms with Crippen LogP contribution in [-0.2, 0) is 11.2 Å². The van der Waals surface area contributed by atoms with E-state index in [4.69, 9.17) is 5.11 Å². The van der Waals surface area contributed by atoms with Gasteiger partial charge in [-0.1, -0.05) is 18.2 Å². The summed E-state index contributed by atoms with van der Waals surface area (Å²) in [5.74, 6) is -0.728. The normalized spacial score (nSPS) is 15.8. The van der Waals surface area contributed by atoms with Crippen molar-refractivity contribution in [3.8, 4) is 0 Å². The molecule has 0 atom stereocenters. The summed E-state index contributed by atoms with van der Waals surface area (Å²) in [6.07, 6.45) is 6.77. The smallest absolute Gasteiger partial charge is 0.303 e. The van der Waals surface area contributed by atoms with Crippen molar-refractivity contribution < 1.29 is 9.90 Å². The van der Waals surface area contributed by atoms with Gasteiger partial charge in [-0.15, -0.1) is 0 Å². The lowest BCUT2D eigenvalue weighted by molar-refractivity contribution is -0.136. The van der Waals surface area contributed by atoms with Crippen LogP contribution in [0.15, 0.2) is 30.5 Å². The highest BCUT2D eigenvalue weighted by Gasteiger charge is 2.21. The summed E-state index contributed by atoms with van der Waals surface area (Å²) in [5.41, 5.74) is 2.40. The van der Waals surface area contributed by atoms with Gasteiger partial charge in [0.25, 0.3) is 0 Å². The molecule has 0 saturated heterocycles. The van der Waals surface area contributed by atoms with Crippen molar-refractivity contribution in [1.82, 2.24) is 4.57 Å². The van der Waals surface area contributed by atoms with Crippen LogP contribution in [0.5, 0.6) is 0 Å². The number of nitrogens with zero attached hydrogens (tertiary/aromatic N) is 1. The summed E-state index contributed by atoms with van der Waals surface area (Å²) in [6.45, 7) is 0. The molecule has 1 aliphatic carbocycles. The highest BCUT2D eigenvalue weighted by Crippen LogP contribution is 2.35. The molecular weight excluding hydrogens is 226 g/mol. The SMILES string of the molecule is O=C(O)CCc1cccc2ccn(C3CCC3)c12. The van der Waals surface area contributed by atoms with Gasteiger partial charge in [0.2, 0.25) is 0 Å². The lowest BCUT2D eigenvalue weighted by Gasteiger charge is -2.28. The molecule has 3 rings (SSSR count). The van der Waals surface area contributed by atoms with Gasteiger partial charge >= 0.3 is 5.97 Å². The molecule has 1 N–H and O–H groups in total. The number of para-hydroxylation sites is 1. The number of aromatic nitrogens is 1. The number of aryl methyl sites for hydroxylation is 1.